The lowest BCUT2D eigenvalue weighted by molar-refractivity contribution is -0.140. The van der Waals surface area contributed by atoms with Crippen LogP contribution in [0.1, 0.15) is 18.1 Å². The molecule has 1 N–H and O–H groups in total. The van der Waals surface area contributed by atoms with Gasteiger partial charge in [-0.1, -0.05) is 70.5 Å². The SMILES string of the molecule is CCNC(=O)C(Cc1ccccc1)N(Cc1cccc(Br)c1)C(=O)CN(c1ccccc1F)S(=O)(=O)N(C)C. The first-order valence-electron chi connectivity index (χ1n) is 12.3. The number of amides is 2. The van der Waals surface area contributed by atoms with Crippen LogP contribution in [0.3, 0.4) is 0 Å². The van der Waals surface area contributed by atoms with Crippen molar-refractivity contribution in [3.63, 3.8) is 0 Å². The maximum Gasteiger partial charge on any atom is 0.304 e. The van der Waals surface area contributed by atoms with Gasteiger partial charge in [0, 0.05) is 38.1 Å². The second-order valence-electron chi connectivity index (χ2n) is 9.00. The van der Waals surface area contributed by atoms with Gasteiger partial charge in [-0.2, -0.15) is 12.7 Å². The standard InChI is InChI=1S/C28H32BrFN4O4S/c1-4-31-28(36)26(18-21-11-6-5-7-12-21)33(19-22-13-10-14-23(29)17-22)27(35)20-34(39(37,38)32(2)3)25-16-9-8-15-24(25)30/h5-17,26H,4,18-20H2,1-3H3,(H,31,36). The fourth-order valence-corrected chi connectivity index (χ4v) is 5.54. The molecule has 2 amide bonds. The molecule has 8 nitrogen and oxygen atoms in total. The molecule has 0 aliphatic heterocycles. The summed E-state index contributed by atoms with van der Waals surface area (Å²) in [5, 5.41) is 2.80. The summed E-state index contributed by atoms with van der Waals surface area (Å²) in [6, 6.07) is 20.9. The van der Waals surface area contributed by atoms with Crippen LogP contribution in [-0.2, 0) is 32.8 Å². The van der Waals surface area contributed by atoms with Gasteiger partial charge in [0.25, 0.3) is 0 Å². The average molecular weight is 620 g/mol. The molecule has 0 aromatic heterocycles. The van der Waals surface area contributed by atoms with Crippen molar-refractivity contribution < 1.29 is 22.4 Å². The molecule has 1 atom stereocenters. The van der Waals surface area contributed by atoms with Crippen molar-refractivity contribution in [2.24, 2.45) is 0 Å². The van der Waals surface area contributed by atoms with Gasteiger partial charge in [-0.25, -0.2) is 8.70 Å². The van der Waals surface area contributed by atoms with E-state index in [1.807, 2.05) is 54.6 Å². The number of halogens is 2. The van der Waals surface area contributed by atoms with Crippen LogP contribution in [0.5, 0.6) is 0 Å². The molecule has 0 fully saturated rings. The smallest absolute Gasteiger partial charge is 0.304 e. The fourth-order valence-electron chi connectivity index (χ4n) is 4.03. The number of para-hydroxylation sites is 1. The quantitative estimate of drug-likeness (QED) is 0.332. The minimum absolute atomic E-state index is 0.0278. The summed E-state index contributed by atoms with van der Waals surface area (Å²) in [5.41, 5.74) is 1.29. The monoisotopic (exact) mass is 618 g/mol. The Morgan fingerprint density at radius 2 is 1.59 bits per heavy atom. The van der Waals surface area contributed by atoms with E-state index in [-0.39, 0.29) is 24.6 Å². The second-order valence-corrected chi connectivity index (χ2v) is 12.0. The summed E-state index contributed by atoms with van der Waals surface area (Å²) in [6.07, 6.45) is 0.201. The van der Waals surface area contributed by atoms with Crippen molar-refractivity contribution >= 4 is 43.6 Å². The minimum atomic E-state index is -4.27. The van der Waals surface area contributed by atoms with Crippen molar-refractivity contribution in [3.8, 4) is 0 Å². The van der Waals surface area contributed by atoms with E-state index in [0.29, 0.717) is 6.54 Å². The van der Waals surface area contributed by atoms with Gasteiger partial charge < -0.3 is 10.2 Å². The summed E-state index contributed by atoms with van der Waals surface area (Å²) < 4.78 is 43.8. The molecule has 3 aromatic carbocycles. The number of anilines is 1. The Balaban J connectivity index is 2.09. The van der Waals surface area contributed by atoms with Gasteiger partial charge in [-0.15, -0.1) is 0 Å². The maximum absolute atomic E-state index is 14.8. The average Bonchev–Trinajstić information content (AvgIpc) is 2.90. The normalized spacial score (nSPS) is 12.2. The molecule has 1 unspecified atom stereocenters. The topological polar surface area (TPSA) is 90.0 Å². The third-order valence-corrected chi connectivity index (χ3v) is 8.30. The first-order chi connectivity index (χ1) is 18.5. The van der Waals surface area contributed by atoms with Crippen LogP contribution in [0, 0.1) is 5.82 Å². The molecular formula is C28H32BrFN4O4S. The highest BCUT2D eigenvalue weighted by Crippen LogP contribution is 2.24. The van der Waals surface area contributed by atoms with E-state index in [2.05, 4.69) is 21.2 Å². The maximum atomic E-state index is 14.8. The van der Waals surface area contributed by atoms with E-state index in [0.717, 1.165) is 30.3 Å². The van der Waals surface area contributed by atoms with E-state index in [1.165, 1.54) is 37.2 Å². The zero-order chi connectivity index (χ0) is 28.6. The van der Waals surface area contributed by atoms with Crippen LogP contribution in [0.2, 0.25) is 0 Å². The van der Waals surface area contributed by atoms with E-state index in [1.54, 1.807) is 6.92 Å². The predicted molar refractivity (Wildman–Crippen MR) is 154 cm³/mol. The Kier molecular flexibility index (Phi) is 10.6. The molecule has 0 aliphatic rings. The molecule has 0 saturated heterocycles. The van der Waals surface area contributed by atoms with Gasteiger partial charge in [0.05, 0.1) is 5.69 Å². The van der Waals surface area contributed by atoms with Gasteiger partial charge in [-0.05, 0) is 42.3 Å². The van der Waals surface area contributed by atoms with Crippen molar-refractivity contribution in [2.45, 2.75) is 25.9 Å². The number of benzene rings is 3. The Morgan fingerprint density at radius 1 is 0.949 bits per heavy atom. The van der Waals surface area contributed by atoms with Gasteiger partial charge in [0.1, 0.15) is 18.4 Å². The summed E-state index contributed by atoms with van der Waals surface area (Å²) >= 11 is 3.44. The first kappa shape index (κ1) is 30.3. The molecule has 3 rings (SSSR count). The largest absolute Gasteiger partial charge is 0.355 e. The Labute approximate surface area is 237 Å². The molecule has 0 heterocycles. The summed E-state index contributed by atoms with van der Waals surface area (Å²) in [5.74, 6) is -1.83. The van der Waals surface area contributed by atoms with Gasteiger partial charge in [0.15, 0.2) is 0 Å². The number of hydrogen-bond acceptors (Lipinski definition) is 4. The zero-order valence-corrected chi connectivity index (χ0v) is 24.5. The third-order valence-electron chi connectivity index (χ3n) is 6.00. The fraction of sp³-hybridized carbons (Fsp3) is 0.286. The zero-order valence-electron chi connectivity index (χ0n) is 22.1. The number of carbonyl (C=O) groups excluding carboxylic acids is 2. The van der Waals surface area contributed by atoms with E-state index in [4.69, 9.17) is 0 Å². The number of rotatable bonds is 12. The lowest BCUT2D eigenvalue weighted by Gasteiger charge is -2.34. The number of nitrogens with zero attached hydrogens (tertiary/aromatic N) is 3. The lowest BCUT2D eigenvalue weighted by Crippen LogP contribution is -2.54. The molecule has 208 valence electrons. The van der Waals surface area contributed by atoms with Crippen molar-refractivity contribution in [1.82, 2.24) is 14.5 Å². The van der Waals surface area contributed by atoms with Crippen LogP contribution in [0.25, 0.3) is 0 Å². The van der Waals surface area contributed by atoms with Gasteiger partial charge in [0.2, 0.25) is 11.8 Å². The lowest BCUT2D eigenvalue weighted by atomic mass is 10.0. The van der Waals surface area contributed by atoms with E-state index in [9.17, 15) is 22.4 Å². The van der Waals surface area contributed by atoms with E-state index >= 15 is 0 Å². The highest BCUT2D eigenvalue weighted by Gasteiger charge is 2.35. The van der Waals surface area contributed by atoms with E-state index < -0.39 is 34.5 Å². The summed E-state index contributed by atoms with van der Waals surface area (Å²) in [6.45, 7) is 1.45. The predicted octanol–water partition coefficient (Wildman–Crippen LogP) is 3.98. The number of hydrogen-bond donors (Lipinski definition) is 1. The highest BCUT2D eigenvalue weighted by atomic mass is 79.9. The highest BCUT2D eigenvalue weighted by molar-refractivity contribution is 9.10. The Bertz CT molecular complexity index is 1390. The molecule has 0 bridgehead atoms. The van der Waals surface area contributed by atoms with Crippen LogP contribution in [0.4, 0.5) is 10.1 Å². The molecule has 0 radical (unpaired) electrons. The van der Waals surface area contributed by atoms with Crippen molar-refractivity contribution in [2.75, 3.05) is 31.5 Å². The molecule has 0 saturated carbocycles. The van der Waals surface area contributed by atoms with Crippen molar-refractivity contribution in [3.05, 3.63) is 100 Å². The molecule has 0 spiro atoms. The van der Waals surface area contributed by atoms with Crippen LogP contribution >= 0.6 is 15.9 Å². The second kappa shape index (κ2) is 13.7. The number of carbonyl (C=O) groups is 2. The molecule has 3 aromatic rings. The van der Waals surface area contributed by atoms with Crippen LogP contribution in [0.15, 0.2) is 83.3 Å². The Morgan fingerprint density at radius 3 is 2.21 bits per heavy atom. The molecular weight excluding hydrogens is 587 g/mol. The van der Waals surface area contributed by atoms with Gasteiger partial charge >= 0.3 is 10.2 Å². The van der Waals surface area contributed by atoms with Gasteiger partial charge in [-0.3, -0.25) is 9.59 Å². The van der Waals surface area contributed by atoms with Crippen LogP contribution in [-0.4, -0.2) is 62.7 Å². The Hall–Kier alpha value is -3.28. The van der Waals surface area contributed by atoms with Crippen molar-refractivity contribution in [1.29, 1.82) is 0 Å². The minimum Gasteiger partial charge on any atom is -0.355 e. The number of likely N-dealkylation sites (N-methyl/N-ethyl adjacent to an activating group) is 1. The third kappa shape index (κ3) is 7.87. The molecule has 11 heteroatoms. The first-order valence-corrected chi connectivity index (χ1v) is 14.5. The summed E-state index contributed by atoms with van der Waals surface area (Å²) in [4.78, 5) is 28.7. The van der Waals surface area contributed by atoms with Crippen LogP contribution < -0.4 is 9.62 Å². The number of nitrogens with one attached hydrogen (secondary N) is 1. The molecule has 39 heavy (non-hydrogen) atoms. The molecule has 0 aliphatic carbocycles. The summed E-state index contributed by atoms with van der Waals surface area (Å²) in [7, 11) is -1.66.